The molecule has 4 aromatic heterocycles. The van der Waals surface area contributed by atoms with Gasteiger partial charge in [0.05, 0.1) is 41.6 Å². The molecule has 0 radical (unpaired) electrons. The van der Waals surface area contributed by atoms with Crippen LogP contribution in [0.1, 0.15) is 78.5 Å². The number of anilines is 3. The normalized spacial score (nSPS) is 23.1. The predicted octanol–water partition coefficient (Wildman–Crippen LogP) is 5.54. The van der Waals surface area contributed by atoms with E-state index in [0.29, 0.717) is 28.6 Å². The van der Waals surface area contributed by atoms with Crippen molar-refractivity contribution in [2.75, 3.05) is 55.0 Å². The van der Waals surface area contributed by atoms with Gasteiger partial charge in [0.1, 0.15) is 12.4 Å². The van der Waals surface area contributed by atoms with Crippen molar-refractivity contribution in [1.29, 1.82) is 0 Å². The number of carbonyl (C=O) groups excluding carboxylic acids is 2. The minimum atomic E-state index is -0.318. The number of aromatic nitrogens is 5. The highest BCUT2D eigenvalue weighted by atomic mass is 16.5. The van der Waals surface area contributed by atoms with Gasteiger partial charge in [-0.15, -0.1) is 0 Å². The summed E-state index contributed by atoms with van der Waals surface area (Å²) in [5.41, 5.74) is 8.91. The van der Waals surface area contributed by atoms with E-state index >= 15 is 0 Å². The summed E-state index contributed by atoms with van der Waals surface area (Å²) in [5, 5.41) is 4.82. The van der Waals surface area contributed by atoms with Gasteiger partial charge in [-0.1, -0.05) is 0 Å². The Morgan fingerprint density at radius 3 is 2.54 bits per heavy atom. The average Bonchev–Trinajstić information content (AvgIpc) is 4.00. The number of likely N-dealkylation sites (N-methyl/N-ethyl adjacent to an activating group) is 1. The first-order valence-corrected chi connectivity index (χ1v) is 17.7. The zero-order valence-electron chi connectivity index (χ0n) is 28.5. The minimum absolute atomic E-state index is 0.0228. The Hall–Kier alpha value is -5.10. The molecule has 5 aromatic rings. The standard InChI is InChI=1S/C38H39N9O3/c1-21-8-9-39-35(40-21)28-12-27(28)30-13-32(46-17-38(18-46)19-50-20-38)26-7-6-25(11-29(26)42-30)41-22(2)31-15-45-14-24(23-4-5-23)10-33(36(45)43-31)47-16-34(48)44(3)37(47)49/h6-11,13-15,22-23,27-28,41H,4-5,12,16-20H2,1-3H3/t22-,27+,28+/m1/s1. The maximum atomic E-state index is 13.0. The second-order valence-corrected chi connectivity index (χ2v) is 15.2. The van der Waals surface area contributed by atoms with Crippen LogP contribution in [0, 0.1) is 12.3 Å². The number of aryl methyl sites for hydroxylation is 1. The zero-order valence-corrected chi connectivity index (χ0v) is 28.5. The van der Waals surface area contributed by atoms with Crippen LogP contribution in [0.15, 0.2) is 55.0 Å². The van der Waals surface area contributed by atoms with Gasteiger partial charge in [-0.05, 0) is 81.0 Å². The second-order valence-electron chi connectivity index (χ2n) is 15.2. The number of amides is 3. The van der Waals surface area contributed by atoms with E-state index in [4.69, 9.17) is 19.7 Å². The predicted molar refractivity (Wildman–Crippen MR) is 189 cm³/mol. The van der Waals surface area contributed by atoms with Crippen LogP contribution < -0.4 is 15.1 Å². The second kappa shape index (κ2) is 10.7. The van der Waals surface area contributed by atoms with Gasteiger partial charge in [-0.2, -0.15) is 0 Å². The Morgan fingerprint density at radius 2 is 1.82 bits per heavy atom. The molecular formula is C38H39N9O3. The summed E-state index contributed by atoms with van der Waals surface area (Å²) in [7, 11) is 1.53. The molecule has 1 spiro atoms. The summed E-state index contributed by atoms with van der Waals surface area (Å²) >= 11 is 0. The fraction of sp³-hybridized carbons (Fsp3) is 0.421. The molecular weight excluding hydrogens is 630 g/mol. The molecule has 1 aromatic carbocycles. The van der Waals surface area contributed by atoms with Gasteiger partial charge < -0.3 is 19.4 Å². The summed E-state index contributed by atoms with van der Waals surface area (Å²) < 4.78 is 7.59. The van der Waals surface area contributed by atoms with E-state index in [1.54, 1.807) is 4.90 Å². The number of urea groups is 1. The maximum Gasteiger partial charge on any atom is 0.331 e. The van der Waals surface area contributed by atoms with E-state index in [1.807, 2.05) is 35.9 Å². The summed E-state index contributed by atoms with van der Waals surface area (Å²) in [5.74, 6) is 1.75. The molecule has 5 fully saturated rings. The highest BCUT2D eigenvalue weighted by molar-refractivity contribution is 6.13. The quantitative estimate of drug-likeness (QED) is 0.213. The van der Waals surface area contributed by atoms with Crippen molar-refractivity contribution in [3.8, 4) is 0 Å². The van der Waals surface area contributed by atoms with Crippen molar-refractivity contribution >= 4 is 45.6 Å². The summed E-state index contributed by atoms with van der Waals surface area (Å²) in [4.78, 5) is 50.3. The number of fused-ring (bicyclic) bond motifs is 2. The van der Waals surface area contributed by atoms with Gasteiger partial charge in [0.25, 0.3) is 0 Å². The van der Waals surface area contributed by atoms with Crippen molar-refractivity contribution in [3.05, 3.63) is 83.5 Å². The number of nitrogens with one attached hydrogen (secondary N) is 1. The Labute approximate surface area is 289 Å². The number of pyridine rings is 2. The third kappa shape index (κ3) is 4.83. The van der Waals surface area contributed by atoms with Crippen molar-refractivity contribution in [1.82, 2.24) is 29.2 Å². The fourth-order valence-corrected chi connectivity index (χ4v) is 8.01. The monoisotopic (exact) mass is 669 g/mol. The van der Waals surface area contributed by atoms with E-state index < -0.39 is 0 Å². The summed E-state index contributed by atoms with van der Waals surface area (Å²) in [6.45, 7) is 7.83. The first kappa shape index (κ1) is 29.8. The number of carbonyl (C=O) groups is 2. The molecule has 12 nitrogen and oxygen atoms in total. The molecule has 50 heavy (non-hydrogen) atoms. The highest BCUT2D eigenvalue weighted by Crippen LogP contribution is 2.54. The topological polar surface area (TPSA) is 121 Å². The van der Waals surface area contributed by atoms with Gasteiger partial charge in [0.2, 0.25) is 5.91 Å². The third-order valence-corrected chi connectivity index (χ3v) is 11.3. The van der Waals surface area contributed by atoms with E-state index in [-0.39, 0.29) is 30.4 Å². The average molecular weight is 670 g/mol. The van der Waals surface area contributed by atoms with Gasteiger partial charge in [-0.25, -0.2) is 19.7 Å². The Balaban J connectivity index is 0.969. The largest absolute Gasteiger partial charge is 0.380 e. The Morgan fingerprint density at radius 1 is 0.980 bits per heavy atom. The Bertz CT molecular complexity index is 2230. The third-order valence-electron chi connectivity index (χ3n) is 11.3. The Kier molecular flexibility index (Phi) is 6.37. The molecule has 3 saturated heterocycles. The SMILES string of the molecule is Cc1ccnc([C@H]2C[C@@H]2c2cc(N3CC4(COC4)C3)c3ccc(N[C@H](C)c4cn5cc(C6CC6)cc(N6CC(=O)N(C)C6=O)c5n4)cc3n2)n1. The van der Waals surface area contributed by atoms with Crippen LogP contribution >= 0.6 is 0 Å². The molecule has 0 bridgehead atoms. The molecule has 5 aliphatic rings. The lowest BCUT2D eigenvalue weighted by Gasteiger charge is -2.56. The molecule has 7 heterocycles. The minimum Gasteiger partial charge on any atom is -0.380 e. The van der Waals surface area contributed by atoms with Crippen molar-refractivity contribution < 1.29 is 14.3 Å². The molecule has 1 N–H and O–H groups in total. The van der Waals surface area contributed by atoms with E-state index in [2.05, 4.69) is 52.6 Å². The maximum absolute atomic E-state index is 13.0. The molecule has 2 saturated carbocycles. The van der Waals surface area contributed by atoms with Crippen molar-refractivity contribution in [2.24, 2.45) is 5.41 Å². The number of benzene rings is 1. The lowest BCUT2D eigenvalue weighted by molar-refractivity contribution is -0.126. The number of hydrogen-bond acceptors (Lipinski definition) is 9. The fourth-order valence-electron chi connectivity index (χ4n) is 8.01. The van der Waals surface area contributed by atoms with Crippen LogP contribution in [0.2, 0.25) is 0 Å². The van der Waals surface area contributed by atoms with Gasteiger partial charge in [0, 0.05) is 78.7 Å². The lowest BCUT2D eigenvalue weighted by Crippen LogP contribution is -2.66. The number of ether oxygens (including phenoxy) is 1. The van der Waals surface area contributed by atoms with Crippen molar-refractivity contribution in [2.45, 2.75) is 56.9 Å². The summed E-state index contributed by atoms with van der Waals surface area (Å²) in [6.07, 6.45) is 9.27. The van der Waals surface area contributed by atoms with Gasteiger partial charge in [-0.3, -0.25) is 19.6 Å². The van der Waals surface area contributed by atoms with Crippen LogP contribution in [0.3, 0.4) is 0 Å². The van der Waals surface area contributed by atoms with Gasteiger partial charge in [0.15, 0.2) is 5.65 Å². The van der Waals surface area contributed by atoms with Gasteiger partial charge >= 0.3 is 6.03 Å². The first-order valence-electron chi connectivity index (χ1n) is 17.7. The molecule has 12 heteroatoms. The smallest absolute Gasteiger partial charge is 0.331 e. The van der Waals surface area contributed by atoms with Crippen LogP contribution in [0.25, 0.3) is 16.6 Å². The number of imidazole rings is 1. The summed E-state index contributed by atoms with van der Waals surface area (Å²) in [6, 6.07) is 12.3. The molecule has 3 aliphatic heterocycles. The van der Waals surface area contributed by atoms with Crippen LogP contribution in [0.5, 0.6) is 0 Å². The molecule has 254 valence electrons. The van der Waals surface area contributed by atoms with Crippen LogP contribution in [-0.2, 0) is 9.53 Å². The molecule has 10 rings (SSSR count). The molecule has 2 aliphatic carbocycles. The first-order chi connectivity index (χ1) is 24.2. The number of hydrogen-bond donors (Lipinski definition) is 1. The molecule has 3 atom stereocenters. The lowest BCUT2D eigenvalue weighted by atomic mass is 9.77. The zero-order chi connectivity index (χ0) is 33.9. The molecule has 0 unspecified atom stereocenters. The highest BCUT2D eigenvalue weighted by Gasteiger charge is 2.50. The van der Waals surface area contributed by atoms with Crippen molar-refractivity contribution in [3.63, 3.8) is 0 Å². The van der Waals surface area contributed by atoms with Crippen LogP contribution in [-0.4, -0.2) is 81.1 Å². The number of imide groups is 1. The van der Waals surface area contributed by atoms with E-state index in [0.717, 1.165) is 85.1 Å². The van der Waals surface area contributed by atoms with E-state index in [1.165, 1.54) is 23.2 Å². The van der Waals surface area contributed by atoms with Crippen LogP contribution in [0.4, 0.5) is 21.9 Å². The number of rotatable bonds is 8. The molecule has 3 amide bonds. The number of nitrogens with zero attached hydrogens (tertiary/aromatic N) is 8. The van der Waals surface area contributed by atoms with E-state index in [9.17, 15) is 9.59 Å².